The van der Waals surface area contributed by atoms with Gasteiger partial charge < -0.3 is 0 Å². The zero-order valence-corrected chi connectivity index (χ0v) is 7.21. The van der Waals surface area contributed by atoms with Crippen LogP contribution in [0.2, 0.25) is 0 Å². The molecule has 1 aliphatic carbocycles. The summed E-state index contributed by atoms with van der Waals surface area (Å²) in [6.07, 6.45) is 12.5. The van der Waals surface area contributed by atoms with Gasteiger partial charge >= 0.3 is 0 Å². The molecule has 1 atom stereocenters. The Morgan fingerprint density at radius 2 is 2.25 bits per heavy atom. The Morgan fingerprint density at radius 3 is 3.25 bits per heavy atom. The van der Waals surface area contributed by atoms with E-state index in [2.05, 4.69) is 34.7 Å². The second-order valence-electron chi connectivity index (χ2n) is 2.97. The monoisotopic (exact) mass is 173 g/mol. The molecule has 0 saturated carbocycles. The molecule has 1 nitrogen and oxygen atoms in total. The van der Waals surface area contributed by atoms with Crippen LogP contribution in [0.3, 0.4) is 0 Å². The molecule has 2 heteroatoms. The highest BCUT2D eigenvalue weighted by atomic mass is 32.2. The molecule has 12 heavy (non-hydrogen) atoms. The molecule has 3 aliphatic rings. The molecule has 0 bridgehead atoms. The number of hydrogen-bond acceptors (Lipinski definition) is 2. The predicted molar refractivity (Wildman–Crippen MR) is 53.3 cm³/mol. The first-order valence-electron chi connectivity index (χ1n) is 3.91. The number of allylic oxidation sites excluding steroid dienone is 4. The van der Waals surface area contributed by atoms with Crippen LogP contribution in [-0.2, 0) is 0 Å². The van der Waals surface area contributed by atoms with Crippen molar-refractivity contribution in [3.05, 3.63) is 47.6 Å². The Hall–Kier alpha value is -1.02. The highest BCUT2D eigenvalue weighted by molar-refractivity contribution is 8.05. The lowest BCUT2D eigenvalue weighted by Gasteiger charge is -2.24. The molecule has 3 rings (SSSR count). The lowest BCUT2D eigenvalue weighted by atomic mass is 9.92. The first kappa shape index (κ1) is 6.49. The van der Waals surface area contributed by atoms with Crippen molar-refractivity contribution in [1.82, 2.24) is 0 Å². The van der Waals surface area contributed by atoms with Crippen LogP contribution < -0.4 is 0 Å². The van der Waals surface area contributed by atoms with Crippen LogP contribution in [0.1, 0.15) is 0 Å². The molecule has 0 saturated heterocycles. The molecule has 0 amide bonds. The fourth-order valence-corrected chi connectivity index (χ4v) is 2.80. The molecular formula is C10H7NS. The molecule has 1 unspecified atom stereocenters. The van der Waals surface area contributed by atoms with Gasteiger partial charge in [0.15, 0.2) is 0 Å². The normalized spacial score (nSPS) is 34.7. The van der Waals surface area contributed by atoms with Crippen LogP contribution in [0.5, 0.6) is 0 Å². The maximum Gasteiger partial charge on any atom is 0.107 e. The topological polar surface area (TPSA) is 12.4 Å². The third-order valence-corrected chi connectivity index (χ3v) is 3.57. The molecule has 0 N–H and O–H groups in total. The molecular weight excluding hydrogens is 166 g/mol. The standard InChI is InChI=1S/C10H7NS/c1-2-5-10-8(4-6-12-10)7-11-9(10)3-1/h1-7H. The molecule has 0 aromatic rings. The van der Waals surface area contributed by atoms with Crippen molar-refractivity contribution < 1.29 is 0 Å². The number of rotatable bonds is 0. The van der Waals surface area contributed by atoms with E-state index in [0.717, 1.165) is 5.71 Å². The van der Waals surface area contributed by atoms with Gasteiger partial charge in [-0.05, 0) is 23.1 Å². The highest BCUT2D eigenvalue weighted by Crippen LogP contribution is 2.47. The minimum atomic E-state index is 0.0503. The Labute approximate surface area is 75.3 Å². The van der Waals surface area contributed by atoms with E-state index in [1.54, 1.807) is 0 Å². The van der Waals surface area contributed by atoms with Crippen LogP contribution in [0.25, 0.3) is 0 Å². The Kier molecular flexibility index (Phi) is 1.09. The summed E-state index contributed by atoms with van der Waals surface area (Å²) in [6.45, 7) is 0. The first-order valence-corrected chi connectivity index (χ1v) is 4.79. The molecule has 0 aromatic carbocycles. The van der Waals surface area contributed by atoms with Gasteiger partial charge in [-0.2, -0.15) is 0 Å². The van der Waals surface area contributed by atoms with Crippen LogP contribution >= 0.6 is 11.8 Å². The summed E-state index contributed by atoms with van der Waals surface area (Å²) in [7, 11) is 0. The lowest BCUT2D eigenvalue weighted by molar-refractivity contribution is 1.18. The summed E-state index contributed by atoms with van der Waals surface area (Å²) < 4.78 is 0.0503. The van der Waals surface area contributed by atoms with Gasteiger partial charge in [-0.15, -0.1) is 11.8 Å². The van der Waals surface area contributed by atoms with Gasteiger partial charge in [0, 0.05) is 6.20 Å². The van der Waals surface area contributed by atoms with Crippen LogP contribution in [-0.4, -0.2) is 10.5 Å². The van der Waals surface area contributed by atoms with Gasteiger partial charge in [-0.1, -0.05) is 18.2 Å². The van der Waals surface area contributed by atoms with Crippen molar-refractivity contribution in [3.63, 3.8) is 0 Å². The van der Waals surface area contributed by atoms with Crippen molar-refractivity contribution in [1.29, 1.82) is 0 Å². The number of nitrogens with zero attached hydrogens (tertiary/aromatic N) is 1. The zero-order chi connectivity index (χ0) is 8.02. The van der Waals surface area contributed by atoms with E-state index in [1.165, 1.54) is 5.57 Å². The van der Waals surface area contributed by atoms with Crippen molar-refractivity contribution in [2.75, 3.05) is 0 Å². The summed E-state index contributed by atoms with van der Waals surface area (Å²) >= 11 is 1.83. The predicted octanol–water partition coefficient (Wildman–Crippen LogP) is 2.45. The quantitative estimate of drug-likeness (QED) is 0.548. The molecule has 0 fully saturated rings. The first-order chi connectivity index (χ1) is 5.92. The maximum atomic E-state index is 4.38. The van der Waals surface area contributed by atoms with Gasteiger partial charge in [0.05, 0.1) is 5.71 Å². The van der Waals surface area contributed by atoms with Crippen LogP contribution in [0, 0.1) is 0 Å². The van der Waals surface area contributed by atoms with Crippen molar-refractivity contribution >= 4 is 17.5 Å². The van der Waals surface area contributed by atoms with E-state index in [1.807, 2.05) is 24.0 Å². The Bertz CT molecular complexity index is 385. The molecule has 1 spiro atoms. The average molecular weight is 173 g/mol. The molecule has 2 aliphatic heterocycles. The maximum absolute atomic E-state index is 4.38. The minimum Gasteiger partial charge on any atom is -0.259 e. The van der Waals surface area contributed by atoms with Gasteiger partial charge in [0.2, 0.25) is 0 Å². The second kappa shape index (κ2) is 2.02. The summed E-state index contributed by atoms with van der Waals surface area (Å²) in [5, 5.41) is 2.14. The molecule has 2 heterocycles. The summed E-state index contributed by atoms with van der Waals surface area (Å²) in [4.78, 5) is 4.38. The largest absolute Gasteiger partial charge is 0.259 e. The van der Waals surface area contributed by atoms with Crippen molar-refractivity contribution in [3.8, 4) is 0 Å². The smallest absolute Gasteiger partial charge is 0.107 e. The summed E-state index contributed by atoms with van der Waals surface area (Å²) in [6, 6.07) is 0. The SMILES string of the molecule is C1=CC2=NC=C3C=CSC32C=C1. The molecule has 58 valence electrons. The van der Waals surface area contributed by atoms with Gasteiger partial charge in [0.1, 0.15) is 4.75 Å². The van der Waals surface area contributed by atoms with E-state index in [0.29, 0.717) is 0 Å². The Balaban J connectivity index is 2.21. The number of thioether (sulfide) groups is 1. The highest BCUT2D eigenvalue weighted by Gasteiger charge is 2.41. The van der Waals surface area contributed by atoms with E-state index in [9.17, 15) is 0 Å². The summed E-state index contributed by atoms with van der Waals surface area (Å²) in [5.41, 5.74) is 2.47. The third kappa shape index (κ3) is 0.596. The number of hydrogen-bond donors (Lipinski definition) is 0. The van der Waals surface area contributed by atoms with Crippen molar-refractivity contribution in [2.24, 2.45) is 4.99 Å². The second-order valence-corrected chi connectivity index (χ2v) is 4.13. The van der Waals surface area contributed by atoms with Crippen molar-refractivity contribution in [2.45, 2.75) is 4.75 Å². The fourth-order valence-electron chi connectivity index (χ4n) is 1.71. The van der Waals surface area contributed by atoms with Gasteiger partial charge in [-0.3, -0.25) is 4.99 Å². The fraction of sp³-hybridized carbons (Fsp3) is 0.100. The van der Waals surface area contributed by atoms with Gasteiger partial charge in [-0.25, -0.2) is 0 Å². The van der Waals surface area contributed by atoms with E-state index in [4.69, 9.17) is 0 Å². The number of aliphatic imine (C=N–C) groups is 1. The lowest BCUT2D eigenvalue weighted by Crippen LogP contribution is -2.29. The van der Waals surface area contributed by atoms with E-state index in [-0.39, 0.29) is 4.75 Å². The zero-order valence-electron chi connectivity index (χ0n) is 6.40. The Morgan fingerprint density at radius 1 is 1.25 bits per heavy atom. The average Bonchev–Trinajstić information content (AvgIpc) is 2.59. The van der Waals surface area contributed by atoms with Crippen LogP contribution in [0.15, 0.2) is 52.6 Å². The summed E-state index contributed by atoms with van der Waals surface area (Å²) in [5.74, 6) is 0. The van der Waals surface area contributed by atoms with E-state index >= 15 is 0 Å². The third-order valence-electron chi connectivity index (χ3n) is 2.35. The van der Waals surface area contributed by atoms with E-state index < -0.39 is 0 Å². The molecule has 0 aromatic heterocycles. The molecule has 0 radical (unpaired) electrons. The minimum absolute atomic E-state index is 0.0503. The van der Waals surface area contributed by atoms with Crippen LogP contribution in [0.4, 0.5) is 0 Å². The van der Waals surface area contributed by atoms with Gasteiger partial charge in [0.25, 0.3) is 0 Å².